The summed E-state index contributed by atoms with van der Waals surface area (Å²) in [6.45, 7) is 5.29. The Labute approximate surface area is 220 Å². The maximum atomic E-state index is 13.8. The van der Waals surface area contributed by atoms with E-state index in [9.17, 15) is 18.8 Å². The number of nitrogens with zero attached hydrogens (tertiary/aromatic N) is 1. The summed E-state index contributed by atoms with van der Waals surface area (Å²) < 4.78 is 41.9. The molecule has 1 aromatic carbocycles. The number of halogens is 1. The number of hydrogen-bond acceptors (Lipinski definition) is 9. The van der Waals surface area contributed by atoms with Crippen molar-refractivity contribution in [3.8, 4) is 17.2 Å². The fourth-order valence-corrected chi connectivity index (χ4v) is 4.11. The first-order valence-corrected chi connectivity index (χ1v) is 12.5. The monoisotopic (exact) mass is 532 g/mol. The van der Waals surface area contributed by atoms with Crippen LogP contribution in [-0.2, 0) is 19.1 Å². The number of ether oxygens (including phenoxy) is 5. The molecule has 1 aliphatic rings. The number of methoxy groups -OCH3 is 1. The van der Waals surface area contributed by atoms with Crippen molar-refractivity contribution in [3.05, 3.63) is 48.0 Å². The smallest absolute Gasteiger partial charge is 0.329 e. The van der Waals surface area contributed by atoms with Crippen LogP contribution in [0.25, 0.3) is 0 Å². The third-order valence-corrected chi connectivity index (χ3v) is 5.86. The predicted octanol–water partition coefficient (Wildman–Crippen LogP) is 3.61. The number of cyclic esters (lactones) is 1. The van der Waals surface area contributed by atoms with Gasteiger partial charge < -0.3 is 29.0 Å². The van der Waals surface area contributed by atoms with E-state index >= 15 is 0 Å². The average Bonchev–Trinajstić information content (AvgIpc) is 2.92. The van der Waals surface area contributed by atoms with Gasteiger partial charge in [0.1, 0.15) is 23.7 Å². The Hall–Kier alpha value is -3.73. The topological polar surface area (TPSA) is 122 Å². The molecule has 11 heteroatoms. The lowest BCUT2D eigenvalue weighted by molar-refractivity contribution is -0.159. The molecule has 1 N–H and O–H groups in total. The van der Waals surface area contributed by atoms with E-state index in [2.05, 4.69) is 10.3 Å². The number of rotatable bonds is 9. The first-order chi connectivity index (χ1) is 18.2. The highest BCUT2D eigenvalue weighted by atomic mass is 19.1. The molecule has 0 saturated carbocycles. The molecule has 2 heterocycles. The summed E-state index contributed by atoms with van der Waals surface area (Å²) in [4.78, 5) is 41.9. The summed E-state index contributed by atoms with van der Waals surface area (Å²) in [6.07, 6.45) is 1.42. The zero-order valence-corrected chi connectivity index (χ0v) is 21.9. The maximum Gasteiger partial charge on any atom is 0.329 e. The van der Waals surface area contributed by atoms with Crippen LogP contribution in [0.1, 0.15) is 56.9 Å². The Bertz CT molecular complexity index is 1130. The minimum atomic E-state index is -1.01. The van der Waals surface area contributed by atoms with Crippen LogP contribution in [0.5, 0.6) is 17.2 Å². The van der Waals surface area contributed by atoms with Crippen molar-refractivity contribution in [2.24, 2.45) is 0 Å². The fourth-order valence-electron chi connectivity index (χ4n) is 4.11. The quantitative estimate of drug-likeness (QED) is 0.483. The number of carbonyl (C=O) groups excluding carboxylic acids is 3. The third kappa shape index (κ3) is 7.64. The van der Waals surface area contributed by atoms with Gasteiger partial charge in [-0.05, 0) is 44.7 Å². The number of nitrogens with one attached hydrogen (secondary N) is 1. The maximum absolute atomic E-state index is 13.8. The molecule has 1 saturated heterocycles. The van der Waals surface area contributed by atoms with Gasteiger partial charge in [0, 0.05) is 31.9 Å². The third-order valence-electron chi connectivity index (χ3n) is 5.86. The molecule has 0 bridgehead atoms. The lowest BCUT2D eigenvalue weighted by Gasteiger charge is -2.31. The van der Waals surface area contributed by atoms with E-state index in [0.29, 0.717) is 19.4 Å². The molecule has 1 amide bonds. The standard InChI is InChI=1S/C27H33FN2O8/c1-5-14-35-22-11-7-10-20(27(33)36-16(2)24(22)38-19-9-6-8-18(28)15-19)30-26(32)23-25(37-17(3)31)21(34-4)12-13-29-23/h6,8-9,12-13,15-16,20,22,24H,5,7,10-11,14H2,1-4H3,(H,30,32)/t16-,20-,22-,24-/m0/s1. The average molecular weight is 533 g/mol. The normalized spacial score (nSPS) is 21.8. The molecule has 0 spiro atoms. The molecule has 0 radical (unpaired) electrons. The summed E-state index contributed by atoms with van der Waals surface area (Å²) in [5.41, 5.74) is -0.211. The van der Waals surface area contributed by atoms with E-state index in [4.69, 9.17) is 23.7 Å². The molecule has 10 nitrogen and oxygen atoms in total. The van der Waals surface area contributed by atoms with Crippen molar-refractivity contribution in [1.82, 2.24) is 10.3 Å². The van der Waals surface area contributed by atoms with Crippen LogP contribution in [0.3, 0.4) is 0 Å². The second kappa shape index (κ2) is 13.7. The van der Waals surface area contributed by atoms with E-state index in [1.165, 1.54) is 44.5 Å². The number of esters is 2. The SMILES string of the molecule is CCCO[C@H]1CCC[C@H](NC(=O)c2nccc(OC)c2OC(C)=O)C(=O)O[C@@H](C)[C@@H]1Oc1cccc(F)c1. The van der Waals surface area contributed by atoms with Gasteiger partial charge in [-0.15, -0.1) is 0 Å². The van der Waals surface area contributed by atoms with Crippen LogP contribution >= 0.6 is 0 Å². The molecular formula is C27H33FN2O8. The molecule has 0 unspecified atom stereocenters. The van der Waals surface area contributed by atoms with Crippen LogP contribution < -0.4 is 19.5 Å². The van der Waals surface area contributed by atoms with Crippen LogP contribution in [0.4, 0.5) is 4.39 Å². The van der Waals surface area contributed by atoms with Crippen LogP contribution in [0.2, 0.25) is 0 Å². The molecule has 2 aromatic rings. The largest absolute Gasteiger partial charge is 0.493 e. The van der Waals surface area contributed by atoms with Crippen molar-refractivity contribution in [1.29, 1.82) is 0 Å². The van der Waals surface area contributed by atoms with Gasteiger partial charge in [0.15, 0.2) is 17.5 Å². The number of amides is 1. The van der Waals surface area contributed by atoms with Gasteiger partial charge in [-0.1, -0.05) is 13.0 Å². The van der Waals surface area contributed by atoms with E-state index in [-0.39, 0.29) is 29.4 Å². The van der Waals surface area contributed by atoms with Crippen molar-refractivity contribution < 1.29 is 42.5 Å². The molecule has 4 atom stereocenters. The van der Waals surface area contributed by atoms with E-state index < -0.39 is 48.0 Å². The molecule has 206 valence electrons. The van der Waals surface area contributed by atoms with E-state index in [0.717, 1.165) is 6.42 Å². The van der Waals surface area contributed by atoms with E-state index in [1.807, 2.05) is 6.92 Å². The van der Waals surface area contributed by atoms with Gasteiger partial charge in [0.2, 0.25) is 5.75 Å². The van der Waals surface area contributed by atoms with Crippen LogP contribution in [0, 0.1) is 5.82 Å². The zero-order valence-electron chi connectivity index (χ0n) is 21.9. The van der Waals surface area contributed by atoms with Gasteiger partial charge >= 0.3 is 11.9 Å². The Morgan fingerprint density at radius 2 is 2.03 bits per heavy atom. The highest BCUT2D eigenvalue weighted by Gasteiger charge is 2.37. The van der Waals surface area contributed by atoms with E-state index in [1.54, 1.807) is 13.0 Å². The molecule has 1 aliphatic heterocycles. The summed E-state index contributed by atoms with van der Waals surface area (Å²) in [7, 11) is 1.36. The summed E-state index contributed by atoms with van der Waals surface area (Å²) in [6, 6.07) is 6.14. The van der Waals surface area contributed by atoms with Gasteiger partial charge in [-0.25, -0.2) is 14.2 Å². The Morgan fingerprint density at radius 3 is 2.71 bits per heavy atom. The van der Waals surface area contributed by atoms with Gasteiger partial charge in [0.05, 0.1) is 13.2 Å². The van der Waals surface area contributed by atoms with Crippen molar-refractivity contribution in [2.45, 2.75) is 70.8 Å². The summed E-state index contributed by atoms with van der Waals surface area (Å²) in [5, 5.41) is 2.64. The van der Waals surface area contributed by atoms with Gasteiger partial charge in [0.25, 0.3) is 5.91 Å². The van der Waals surface area contributed by atoms with Crippen molar-refractivity contribution in [2.75, 3.05) is 13.7 Å². The number of carbonyl (C=O) groups is 3. The first-order valence-electron chi connectivity index (χ1n) is 12.5. The molecule has 3 rings (SSSR count). The minimum Gasteiger partial charge on any atom is -0.493 e. The number of hydrogen-bond donors (Lipinski definition) is 1. The molecule has 38 heavy (non-hydrogen) atoms. The molecule has 1 fully saturated rings. The lowest BCUT2D eigenvalue weighted by atomic mass is 10.0. The van der Waals surface area contributed by atoms with Crippen molar-refractivity contribution in [3.63, 3.8) is 0 Å². The zero-order chi connectivity index (χ0) is 27.7. The first kappa shape index (κ1) is 28.8. The van der Waals surface area contributed by atoms with Crippen molar-refractivity contribution >= 4 is 17.8 Å². The fraction of sp³-hybridized carbons (Fsp3) is 0.481. The second-order valence-electron chi connectivity index (χ2n) is 8.83. The lowest BCUT2D eigenvalue weighted by Crippen LogP contribution is -2.46. The van der Waals surface area contributed by atoms with Gasteiger partial charge in [-0.3, -0.25) is 9.59 Å². The summed E-state index contributed by atoms with van der Waals surface area (Å²) >= 11 is 0. The van der Waals surface area contributed by atoms with Crippen LogP contribution in [-0.4, -0.2) is 60.9 Å². The highest BCUT2D eigenvalue weighted by Crippen LogP contribution is 2.30. The number of pyridine rings is 1. The second-order valence-corrected chi connectivity index (χ2v) is 8.83. The Morgan fingerprint density at radius 1 is 1.24 bits per heavy atom. The van der Waals surface area contributed by atoms with Gasteiger partial charge in [-0.2, -0.15) is 0 Å². The Kier molecular flexibility index (Phi) is 10.4. The number of aromatic nitrogens is 1. The Balaban J connectivity index is 1.81. The molecule has 0 aliphatic carbocycles. The minimum absolute atomic E-state index is 0.138. The van der Waals surface area contributed by atoms with Crippen LogP contribution in [0.15, 0.2) is 36.5 Å². The highest BCUT2D eigenvalue weighted by molar-refractivity contribution is 5.98. The molecule has 1 aromatic heterocycles. The number of benzene rings is 1. The predicted molar refractivity (Wildman–Crippen MR) is 134 cm³/mol. The molecular weight excluding hydrogens is 499 g/mol. The summed E-state index contributed by atoms with van der Waals surface area (Å²) in [5.74, 6) is -2.26.